The fourth-order valence-corrected chi connectivity index (χ4v) is 3.18. The van der Waals surface area contributed by atoms with E-state index in [1.807, 2.05) is 36.4 Å². The molecule has 3 nitrogen and oxygen atoms in total. The number of nitrogens with one attached hydrogen (secondary N) is 1. The molecule has 0 bridgehead atoms. The number of para-hydroxylation sites is 1. The van der Waals surface area contributed by atoms with E-state index in [0.717, 1.165) is 22.2 Å². The van der Waals surface area contributed by atoms with Crippen molar-refractivity contribution in [2.75, 3.05) is 5.32 Å². The van der Waals surface area contributed by atoms with Crippen molar-refractivity contribution in [1.29, 1.82) is 0 Å². The number of hydrogen-bond acceptors (Lipinski definition) is 2. The zero-order valence-electron chi connectivity index (χ0n) is 14.4. The van der Waals surface area contributed by atoms with Gasteiger partial charge >= 0.3 is 0 Å². The van der Waals surface area contributed by atoms with Gasteiger partial charge in [0.15, 0.2) is 0 Å². The molecule has 4 aromatic rings. The van der Waals surface area contributed by atoms with Crippen LogP contribution < -0.4 is 5.32 Å². The maximum absolute atomic E-state index is 14.0. The van der Waals surface area contributed by atoms with Crippen molar-refractivity contribution < 1.29 is 13.6 Å². The third-order valence-corrected chi connectivity index (χ3v) is 4.81. The molecule has 3 aromatic carbocycles. The molecule has 0 radical (unpaired) electrons. The standard InChI is InChI=1S/C22H13BrF2N2O/c23-14-7-5-13(6-8-14)21-12-17(16-3-1-2-4-19(16)26-21)22(28)27-20-10-9-15(24)11-18(20)25/h1-12H,(H,27,28). The summed E-state index contributed by atoms with van der Waals surface area (Å²) in [5.74, 6) is -2.04. The molecule has 0 saturated carbocycles. The van der Waals surface area contributed by atoms with Gasteiger partial charge in [0.25, 0.3) is 5.91 Å². The summed E-state index contributed by atoms with van der Waals surface area (Å²) in [4.78, 5) is 17.5. The fourth-order valence-electron chi connectivity index (χ4n) is 2.91. The third-order valence-electron chi connectivity index (χ3n) is 4.28. The number of aromatic nitrogens is 1. The van der Waals surface area contributed by atoms with Crippen LogP contribution in [-0.4, -0.2) is 10.9 Å². The Morgan fingerprint density at radius 1 is 0.929 bits per heavy atom. The SMILES string of the molecule is O=C(Nc1ccc(F)cc1F)c1cc(-c2ccc(Br)cc2)nc2ccccc12. The lowest BCUT2D eigenvalue weighted by atomic mass is 10.0. The number of benzene rings is 3. The molecular weight excluding hydrogens is 426 g/mol. The highest BCUT2D eigenvalue weighted by Gasteiger charge is 2.16. The molecule has 1 aromatic heterocycles. The number of rotatable bonds is 3. The number of carbonyl (C=O) groups is 1. The smallest absolute Gasteiger partial charge is 0.256 e. The number of nitrogens with zero attached hydrogens (tertiary/aromatic N) is 1. The van der Waals surface area contributed by atoms with Crippen LogP contribution in [0.1, 0.15) is 10.4 Å². The topological polar surface area (TPSA) is 42.0 Å². The van der Waals surface area contributed by atoms with Crippen LogP contribution in [0.25, 0.3) is 22.2 Å². The summed E-state index contributed by atoms with van der Waals surface area (Å²) in [5.41, 5.74) is 2.38. The van der Waals surface area contributed by atoms with E-state index in [2.05, 4.69) is 26.2 Å². The van der Waals surface area contributed by atoms with E-state index in [1.54, 1.807) is 18.2 Å². The lowest BCUT2D eigenvalue weighted by Crippen LogP contribution is -2.14. The Hall–Kier alpha value is -3.12. The van der Waals surface area contributed by atoms with E-state index in [0.29, 0.717) is 22.2 Å². The zero-order chi connectivity index (χ0) is 19.7. The number of fused-ring (bicyclic) bond motifs is 1. The minimum Gasteiger partial charge on any atom is -0.319 e. The first kappa shape index (κ1) is 18.3. The first-order valence-corrected chi connectivity index (χ1v) is 9.23. The first-order chi connectivity index (χ1) is 13.5. The Morgan fingerprint density at radius 3 is 2.43 bits per heavy atom. The summed E-state index contributed by atoms with van der Waals surface area (Å²) in [6.45, 7) is 0. The lowest BCUT2D eigenvalue weighted by molar-refractivity contribution is 0.102. The zero-order valence-corrected chi connectivity index (χ0v) is 16.0. The Kier molecular flexibility index (Phi) is 4.88. The number of anilines is 1. The van der Waals surface area contributed by atoms with Crippen LogP contribution in [0.4, 0.5) is 14.5 Å². The highest BCUT2D eigenvalue weighted by Crippen LogP contribution is 2.27. The molecule has 28 heavy (non-hydrogen) atoms. The summed E-state index contributed by atoms with van der Waals surface area (Å²) in [7, 11) is 0. The molecule has 138 valence electrons. The van der Waals surface area contributed by atoms with Crippen LogP contribution in [0.5, 0.6) is 0 Å². The Balaban J connectivity index is 1.80. The highest BCUT2D eigenvalue weighted by molar-refractivity contribution is 9.10. The number of carbonyl (C=O) groups excluding carboxylic acids is 1. The van der Waals surface area contributed by atoms with Gasteiger partial charge in [0.1, 0.15) is 11.6 Å². The summed E-state index contributed by atoms with van der Waals surface area (Å²) < 4.78 is 28.0. The number of amides is 1. The second-order valence-electron chi connectivity index (χ2n) is 6.16. The second kappa shape index (κ2) is 7.48. The molecule has 0 aliphatic carbocycles. The molecule has 0 spiro atoms. The van der Waals surface area contributed by atoms with Gasteiger partial charge in [0.2, 0.25) is 0 Å². The lowest BCUT2D eigenvalue weighted by Gasteiger charge is -2.11. The molecule has 0 aliphatic rings. The van der Waals surface area contributed by atoms with E-state index in [-0.39, 0.29) is 5.69 Å². The Morgan fingerprint density at radius 2 is 1.68 bits per heavy atom. The first-order valence-electron chi connectivity index (χ1n) is 8.43. The molecule has 0 atom stereocenters. The van der Waals surface area contributed by atoms with Crippen LogP contribution in [0.15, 0.2) is 77.3 Å². The monoisotopic (exact) mass is 438 g/mol. The Labute approximate surface area is 168 Å². The number of halogens is 3. The summed E-state index contributed by atoms with van der Waals surface area (Å²) in [6.07, 6.45) is 0. The van der Waals surface area contributed by atoms with Gasteiger partial charge in [-0.05, 0) is 36.4 Å². The van der Waals surface area contributed by atoms with Gasteiger partial charge in [-0.2, -0.15) is 0 Å². The van der Waals surface area contributed by atoms with E-state index >= 15 is 0 Å². The van der Waals surface area contributed by atoms with Gasteiger partial charge < -0.3 is 5.32 Å². The maximum atomic E-state index is 14.0. The van der Waals surface area contributed by atoms with Crippen molar-refractivity contribution in [3.63, 3.8) is 0 Å². The van der Waals surface area contributed by atoms with Gasteiger partial charge in [-0.3, -0.25) is 4.79 Å². The van der Waals surface area contributed by atoms with Crippen molar-refractivity contribution in [2.45, 2.75) is 0 Å². The van der Waals surface area contributed by atoms with Crippen LogP contribution in [0.3, 0.4) is 0 Å². The van der Waals surface area contributed by atoms with Gasteiger partial charge in [-0.15, -0.1) is 0 Å². The maximum Gasteiger partial charge on any atom is 0.256 e. The molecule has 0 aliphatic heterocycles. The minimum absolute atomic E-state index is 0.0857. The summed E-state index contributed by atoms with van der Waals surface area (Å²) in [6, 6.07) is 19.5. The van der Waals surface area contributed by atoms with E-state index in [4.69, 9.17) is 0 Å². The summed E-state index contributed by atoms with van der Waals surface area (Å²) >= 11 is 3.40. The van der Waals surface area contributed by atoms with E-state index in [1.165, 1.54) is 6.07 Å². The predicted octanol–water partition coefficient (Wildman–Crippen LogP) is 6.19. The molecule has 0 unspecified atom stereocenters. The number of pyridine rings is 1. The molecule has 1 amide bonds. The van der Waals surface area contributed by atoms with Crippen LogP contribution >= 0.6 is 15.9 Å². The average molecular weight is 439 g/mol. The van der Waals surface area contributed by atoms with E-state index < -0.39 is 17.5 Å². The van der Waals surface area contributed by atoms with Crippen molar-refractivity contribution in [3.8, 4) is 11.3 Å². The van der Waals surface area contributed by atoms with Crippen molar-refractivity contribution in [2.24, 2.45) is 0 Å². The van der Waals surface area contributed by atoms with Gasteiger partial charge in [-0.1, -0.05) is 46.3 Å². The fraction of sp³-hybridized carbons (Fsp3) is 0. The molecule has 1 N–H and O–H groups in total. The van der Waals surface area contributed by atoms with E-state index in [9.17, 15) is 13.6 Å². The minimum atomic E-state index is -0.833. The second-order valence-corrected chi connectivity index (χ2v) is 7.07. The molecular formula is C22H13BrF2N2O. The Bertz CT molecular complexity index is 1190. The molecule has 6 heteroatoms. The van der Waals surface area contributed by atoms with Gasteiger partial charge in [0, 0.05) is 21.5 Å². The van der Waals surface area contributed by atoms with Crippen molar-refractivity contribution in [1.82, 2.24) is 4.98 Å². The van der Waals surface area contributed by atoms with Crippen molar-refractivity contribution >= 4 is 38.4 Å². The summed E-state index contributed by atoms with van der Waals surface area (Å²) in [5, 5.41) is 3.16. The molecule has 0 saturated heterocycles. The quantitative estimate of drug-likeness (QED) is 0.413. The van der Waals surface area contributed by atoms with Crippen LogP contribution in [0, 0.1) is 11.6 Å². The normalized spacial score (nSPS) is 10.8. The number of hydrogen-bond donors (Lipinski definition) is 1. The molecule has 4 rings (SSSR count). The van der Waals surface area contributed by atoms with Gasteiger partial charge in [0.05, 0.1) is 22.5 Å². The van der Waals surface area contributed by atoms with Crippen LogP contribution in [-0.2, 0) is 0 Å². The average Bonchev–Trinajstić information content (AvgIpc) is 2.69. The third kappa shape index (κ3) is 3.64. The van der Waals surface area contributed by atoms with Gasteiger partial charge in [-0.25, -0.2) is 13.8 Å². The van der Waals surface area contributed by atoms with Crippen LogP contribution in [0.2, 0.25) is 0 Å². The van der Waals surface area contributed by atoms with Crippen molar-refractivity contribution in [3.05, 3.63) is 94.5 Å². The molecule has 1 heterocycles. The predicted molar refractivity (Wildman–Crippen MR) is 109 cm³/mol. The molecule has 0 fully saturated rings. The largest absolute Gasteiger partial charge is 0.319 e. The highest BCUT2D eigenvalue weighted by atomic mass is 79.9.